The molecule has 0 saturated carbocycles. The Morgan fingerprint density at radius 2 is 1.67 bits per heavy atom. The fourth-order valence-corrected chi connectivity index (χ4v) is 3.41. The summed E-state index contributed by atoms with van der Waals surface area (Å²) in [6.45, 7) is 5.12. The largest absolute Gasteiger partial charge is 0.324 e. The SMILES string of the molecule is Cc1cc(S(=O)(=O)NCC(=O)Nc2c(C)cccc2C)ccc1Cl. The van der Waals surface area contributed by atoms with Crippen LogP contribution >= 0.6 is 11.6 Å². The third kappa shape index (κ3) is 4.35. The summed E-state index contributed by atoms with van der Waals surface area (Å²) in [5.41, 5.74) is 3.18. The van der Waals surface area contributed by atoms with E-state index in [1.807, 2.05) is 32.0 Å². The molecule has 24 heavy (non-hydrogen) atoms. The molecule has 0 aliphatic rings. The van der Waals surface area contributed by atoms with Gasteiger partial charge in [0.05, 0.1) is 11.4 Å². The fourth-order valence-electron chi connectivity index (χ4n) is 2.22. The minimum absolute atomic E-state index is 0.0734. The summed E-state index contributed by atoms with van der Waals surface area (Å²) in [6.07, 6.45) is 0. The maximum atomic E-state index is 12.3. The van der Waals surface area contributed by atoms with Crippen LogP contribution in [0.1, 0.15) is 16.7 Å². The highest BCUT2D eigenvalue weighted by Crippen LogP contribution is 2.20. The van der Waals surface area contributed by atoms with Crippen LogP contribution in [0, 0.1) is 20.8 Å². The summed E-state index contributed by atoms with van der Waals surface area (Å²) < 4.78 is 26.8. The van der Waals surface area contributed by atoms with Gasteiger partial charge in [0.25, 0.3) is 0 Å². The first-order valence-electron chi connectivity index (χ1n) is 7.32. The summed E-state index contributed by atoms with van der Waals surface area (Å²) in [6, 6.07) is 10.0. The maximum Gasteiger partial charge on any atom is 0.241 e. The molecule has 0 atom stereocenters. The van der Waals surface area contributed by atoms with E-state index >= 15 is 0 Å². The van der Waals surface area contributed by atoms with Crippen molar-refractivity contribution in [1.82, 2.24) is 4.72 Å². The first kappa shape index (κ1) is 18.4. The minimum Gasteiger partial charge on any atom is -0.324 e. The van der Waals surface area contributed by atoms with E-state index in [0.717, 1.165) is 11.1 Å². The van der Waals surface area contributed by atoms with E-state index in [1.165, 1.54) is 18.2 Å². The molecule has 1 amide bonds. The Bertz CT molecular complexity index is 859. The number of carbonyl (C=O) groups is 1. The molecule has 0 bridgehead atoms. The van der Waals surface area contributed by atoms with Gasteiger partial charge in [0, 0.05) is 10.7 Å². The van der Waals surface area contributed by atoms with Crippen molar-refractivity contribution in [2.24, 2.45) is 0 Å². The molecule has 0 spiro atoms. The van der Waals surface area contributed by atoms with Gasteiger partial charge in [-0.3, -0.25) is 4.79 Å². The van der Waals surface area contributed by atoms with Crippen molar-refractivity contribution in [2.45, 2.75) is 25.7 Å². The van der Waals surface area contributed by atoms with Gasteiger partial charge in [-0.1, -0.05) is 29.8 Å². The molecule has 7 heteroatoms. The predicted molar refractivity (Wildman–Crippen MR) is 95.9 cm³/mol. The number of aryl methyl sites for hydroxylation is 3. The van der Waals surface area contributed by atoms with Crippen molar-refractivity contribution in [1.29, 1.82) is 0 Å². The zero-order valence-corrected chi connectivity index (χ0v) is 15.3. The minimum atomic E-state index is -3.78. The van der Waals surface area contributed by atoms with Crippen LogP contribution in [0.15, 0.2) is 41.3 Å². The van der Waals surface area contributed by atoms with Crippen LogP contribution in [0.3, 0.4) is 0 Å². The van der Waals surface area contributed by atoms with E-state index in [0.29, 0.717) is 16.3 Å². The van der Waals surface area contributed by atoms with E-state index in [1.54, 1.807) is 6.92 Å². The van der Waals surface area contributed by atoms with Crippen molar-refractivity contribution in [3.05, 3.63) is 58.1 Å². The van der Waals surface area contributed by atoms with Crippen LogP contribution < -0.4 is 10.0 Å². The van der Waals surface area contributed by atoms with Gasteiger partial charge in [0.15, 0.2) is 0 Å². The molecule has 2 N–H and O–H groups in total. The molecule has 128 valence electrons. The normalized spacial score (nSPS) is 11.3. The van der Waals surface area contributed by atoms with Crippen LogP contribution in [-0.4, -0.2) is 20.9 Å². The standard InChI is InChI=1S/C17H19ClN2O3S/c1-11-5-4-6-12(2)17(11)20-16(21)10-19-24(22,23)14-7-8-15(18)13(3)9-14/h4-9,19H,10H2,1-3H3,(H,20,21). The van der Waals surface area contributed by atoms with Crippen molar-refractivity contribution in [3.63, 3.8) is 0 Å². The molecule has 0 radical (unpaired) electrons. The number of sulfonamides is 1. The molecule has 0 heterocycles. The molecule has 2 rings (SSSR count). The molecule has 2 aromatic carbocycles. The number of para-hydroxylation sites is 1. The first-order chi connectivity index (χ1) is 11.2. The number of amides is 1. The fraction of sp³-hybridized carbons (Fsp3) is 0.235. The topological polar surface area (TPSA) is 75.3 Å². The first-order valence-corrected chi connectivity index (χ1v) is 9.18. The molecule has 2 aromatic rings. The van der Waals surface area contributed by atoms with Gasteiger partial charge in [0.1, 0.15) is 0 Å². The summed E-state index contributed by atoms with van der Waals surface area (Å²) >= 11 is 5.90. The Morgan fingerprint density at radius 3 is 2.25 bits per heavy atom. The lowest BCUT2D eigenvalue weighted by molar-refractivity contribution is -0.115. The summed E-state index contributed by atoms with van der Waals surface area (Å²) in [5.74, 6) is -0.429. The van der Waals surface area contributed by atoms with E-state index in [-0.39, 0.29) is 11.4 Å². The average molecular weight is 367 g/mol. The molecule has 0 aliphatic carbocycles. The van der Waals surface area contributed by atoms with Crippen molar-refractivity contribution in [2.75, 3.05) is 11.9 Å². The Balaban J connectivity index is 2.06. The Hall–Kier alpha value is -1.89. The highest BCUT2D eigenvalue weighted by molar-refractivity contribution is 7.89. The second kappa shape index (κ2) is 7.34. The molecular formula is C17H19ClN2O3S. The zero-order chi connectivity index (χ0) is 17.9. The van der Waals surface area contributed by atoms with E-state index in [9.17, 15) is 13.2 Å². The number of hydrogen-bond donors (Lipinski definition) is 2. The molecule has 0 fully saturated rings. The van der Waals surface area contributed by atoms with Crippen molar-refractivity contribution < 1.29 is 13.2 Å². The Kier molecular flexibility index (Phi) is 5.64. The highest BCUT2D eigenvalue weighted by atomic mass is 35.5. The van der Waals surface area contributed by atoms with Crippen molar-refractivity contribution >= 4 is 33.2 Å². The molecule has 0 unspecified atom stereocenters. The number of hydrogen-bond acceptors (Lipinski definition) is 3. The lowest BCUT2D eigenvalue weighted by Crippen LogP contribution is -2.33. The Morgan fingerprint density at radius 1 is 1.04 bits per heavy atom. The summed E-state index contributed by atoms with van der Waals surface area (Å²) in [5, 5.41) is 3.22. The van der Waals surface area contributed by atoms with Crippen LogP contribution in [0.2, 0.25) is 5.02 Å². The number of benzene rings is 2. The molecule has 0 aromatic heterocycles. The third-order valence-corrected chi connectivity index (χ3v) is 5.43. The average Bonchev–Trinajstić information content (AvgIpc) is 2.52. The highest BCUT2D eigenvalue weighted by Gasteiger charge is 2.17. The quantitative estimate of drug-likeness (QED) is 0.853. The number of anilines is 1. The molecule has 0 saturated heterocycles. The van der Waals surface area contributed by atoms with Gasteiger partial charge in [-0.2, -0.15) is 0 Å². The number of carbonyl (C=O) groups excluding carboxylic acids is 1. The molecular weight excluding hydrogens is 348 g/mol. The smallest absolute Gasteiger partial charge is 0.241 e. The summed E-state index contributed by atoms with van der Waals surface area (Å²) in [4.78, 5) is 12.1. The third-order valence-electron chi connectivity index (χ3n) is 3.61. The number of halogens is 1. The van der Waals surface area contributed by atoms with Gasteiger partial charge >= 0.3 is 0 Å². The monoisotopic (exact) mass is 366 g/mol. The van der Waals surface area contributed by atoms with Crippen LogP contribution in [0.5, 0.6) is 0 Å². The molecule has 5 nitrogen and oxygen atoms in total. The predicted octanol–water partition coefficient (Wildman–Crippen LogP) is 3.18. The number of nitrogens with one attached hydrogen (secondary N) is 2. The van der Waals surface area contributed by atoms with Crippen LogP contribution in [0.4, 0.5) is 5.69 Å². The second-order valence-electron chi connectivity index (χ2n) is 5.55. The zero-order valence-electron chi connectivity index (χ0n) is 13.7. The van der Waals surface area contributed by atoms with E-state index in [2.05, 4.69) is 10.0 Å². The van der Waals surface area contributed by atoms with Gasteiger partial charge in [0.2, 0.25) is 15.9 Å². The number of rotatable bonds is 5. The van der Waals surface area contributed by atoms with Crippen LogP contribution in [-0.2, 0) is 14.8 Å². The maximum absolute atomic E-state index is 12.3. The van der Waals surface area contributed by atoms with Gasteiger partial charge < -0.3 is 5.32 Å². The lowest BCUT2D eigenvalue weighted by atomic mass is 10.1. The van der Waals surface area contributed by atoms with E-state index < -0.39 is 15.9 Å². The Labute approximate surface area is 147 Å². The summed E-state index contributed by atoms with van der Waals surface area (Å²) in [7, 11) is -3.78. The van der Waals surface area contributed by atoms with Crippen LogP contribution in [0.25, 0.3) is 0 Å². The van der Waals surface area contributed by atoms with Gasteiger partial charge in [-0.25, -0.2) is 13.1 Å². The van der Waals surface area contributed by atoms with Gasteiger partial charge in [-0.15, -0.1) is 0 Å². The van der Waals surface area contributed by atoms with Crippen molar-refractivity contribution in [3.8, 4) is 0 Å². The van der Waals surface area contributed by atoms with Gasteiger partial charge in [-0.05, 0) is 55.7 Å². The lowest BCUT2D eigenvalue weighted by Gasteiger charge is -2.12. The second-order valence-corrected chi connectivity index (χ2v) is 7.72. The molecule has 0 aliphatic heterocycles. The van der Waals surface area contributed by atoms with E-state index in [4.69, 9.17) is 11.6 Å².